The van der Waals surface area contributed by atoms with Crippen LogP contribution in [0.5, 0.6) is 5.75 Å². The molecule has 0 atom stereocenters. The molecular weight excluding hydrogens is 150 g/mol. The molecule has 3 heteroatoms. The second kappa shape index (κ2) is 2.59. The molecule has 0 aromatic carbocycles. The van der Waals surface area contributed by atoms with Gasteiger partial charge in [-0.05, 0) is 5.92 Å². The first-order chi connectivity index (χ1) is 4.74. The summed E-state index contributed by atoms with van der Waals surface area (Å²) in [6.45, 7) is 0. The lowest BCUT2D eigenvalue weighted by atomic mass is 10.3. The molecule has 1 aromatic heterocycles. The zero-order chi connectivity index (χ0) is 7.56. The van der Waals surface area contributed by atoms with Crippen LogP contribution in [0.2, 0.25) is 5.02 Å². The number of nitrogens with zero attached hydrogens (tertiary/aromatic N) is 1. The lowest BCUT2D eigenvalue weighted by Crippen LogP contribution is -1.81. The summed E-state index contributed by atoms with van der Waals surface area (Å²) in [6, 6.07) is 1.35. The van der Waals surface area contributed by atoms with Crippen LogP contribution in [0, 0.1) is 12.3 Å². The van der Waals surface area contributed by atoms with Crippen molar-refractivity contribution in [1.82, 2.24) is 4.98 Å². The number of rotatable bonds is 0. The van der Waals surface area contributed by atoms with Crippen LogP contribution >= 0.6 is 11.6 Å². The van der Waals surface area contributed by atoms with E-state index in [1.54, 1.807) is 0 Å². The third-order valence-electron chi connectivity index (χ3n) is 0.971. The summed E-state index contributed by atoms with van der Waals surface area (Å²) in [7, 11) is 0. The van der Waals surface area contributed by atoms with Crippen molar-refractivity contribution in [3.63, 3.8) is 0 Å². The van der Waals surface area contributed by atoms with Crippen LogP contribution in [0.15, 0.2) is 12.3 Å². The standard InChI is InChI=1S/C7H4ClNO/c1-2-6-7(10)3-5(8)4-9-6/h1,3-4,10H. The SMILES string of the molecule is C#Cc1ncc(Cl)cc1O. The van der Waals surface area contributed by atoms with Crippen LogP contribution in [0.3, 0.4) is 0 Å². The molecule has 0 saturated heterocycles. The second-order valence-electron chi connectivity index (χ2n) is 1.67. The topological polar surface area (TPSA) is 33.1 Å². The van der Waals surface area contributed by atoms with Crippen LogP contribution in [-0.2, 0) is 0 Å². The van der Waals surface area contributed by atoms with Crippen LogP contribution in [0.4, 0.5) is 0 Å². The minimum atomic E-state index is -0.0602. The van der Waals surface area contributed by atoms with Crippen molar-refractivity contribution < 1.29 is 5.11 Å². The fourth-order valence-corrected chi connectivity index (χ4v) is 0.692. The first-order valence-electron chi connectivity index (χ1n) is 2.55. The normalized spacial score (nSPS) is 8.80. The van der Waals surface area contributed by atoms with E-state index in [1.807, 2.05) is 0 Å². The summed E-state index contributed by atoms with van der Waals surface area (Å²) in [5, 5.41) is 9.37. The maximum Gasteiger partial charge on any atom is 0.154 e. The minimum absolute atomic E-state index is 0.0602. The Kier molecular flexibility index (Phi) is 1.79. The summed E-state index contributed by atoms with van der Waals surface area (Å²) in [4.78, 5) is 3.68. The van der Waals surface area contributed by atoms with Gasteiger partial charge in [0.1, 0.15) is 0 Å². The van der Waals surface area contributed by atoms with Gasteiger partial charge < -0.3 is 5.11 Å². The number of aromatic nitrogens is 1. The van der Waals surface area contributed by atoms with E-state index in [-0.39, 0.29) is 11.4 Å². The van der Waals surface area contributed by atoms with Crippen LogP contribution < -0.4 is 0 Å². The monoisotopic (exact) mass is 153 g/mol. The molecule has 50 valence electrons. The van der Waals surface area contributed by atoms with E-state index < -0.39 is 0 Å². The van der Waals surface area contributed by atoms with Gasteiger partial charge in [-0.15, -0.1) is 6.42 Å². The summed E-state index contributed by atoms with van der Waals surface area (Å²) in [6.07, 6.45) is 6.37. The second-order valence-corrected chi connectivity index (χ2v) is 2.10. The zero-order valence-electron chi connectivity index (χ0n) is 5.00. The maximum atomic E-state index is 9.00. The molecule has 0 amide bonds. The van der Waals surface area contributed by atoms with Gasteiger partial charge in [-0.25, -0.2) is 4.98 Å². The van der Waals surface area contributed by atoms with E-state index in [0.717, 1.165) is 0 Å². The van der Waals surface area contributed by atoms with E-state index in [1.165, 1.54) is 12.3 Å². The third-order valence-corrected chi connectivity index (χ3v) is 1.18. The Morgan fingerprint density at radius 3 is 2.90 bits per heavy atom. The van der Waals surface area contributed by atoms with Crippen molar-refractivity contribution in [1.29, 1.82) is 0 Å². The van der Waals surface area contributed by atoms with Gasteiger partial charge >= 0.3 is 0 Å². The highest BCUT2D eigenvalue weighted by atomic mass is 35.5. The van der Waals surface area contributed by atoms with Gasteiger partial charge in [0.15, 0.2) is 11.4 Å². The van der Waals surface area contributed by atoms with Crippen molar-refractivity contribution in [3.05, 3.63) is 23.0 Å². The predicted molar refractivity (Wildman–Crippen MR) is 38.8 cm³/mol. The molecular formula is C7H4ClNO. The molecule has 0 unspecified atom stereocenters. The zero-order valence-corrected chi connectivity index (χ0v) is 5.76. The summed E-state index contributed by atoms with van der Waals surface area (Å²) >= 11 is 5.48. The lowest BCUT2D eigenvalue weighted by Gasteiger charge is -1.94. The van der Waals surface area contributed by atoms with Crippen LogP contribution in [0.1, 0.15) is 5.69 Å². The van der Waals surface area contributed by atoms with E-state index in [0.29, 0.717) is 5.02 Å². The Balaban J connectivity index is 3.23. The highest BCUT2D eigenvalue weighted by Crippen LogP contribution is 2.17. The lowest BCUT2D eigenvalue weighted by molar-refractivity contribution is 0.471. The van der Waals surface area contributed by atoms with Gasteiger partial charge in [-0.2, -0.15) is 0 Å². The molecule has 0 saturated carbocycles. The quantitative estimate of drug-likeness (QED) is 0.572. The molecule has 0 aliphatic rings. The van der Waals surface area contributed by atoms with Gasteiger partial charge in [0.2, 0.25) is 0 Å². The van der Waals surface area contributed by atoms with E-state index in [2.05, 4.69) is 10.9 Å². The molecule has 2 nitrogen and oxygen atoms in total. The average Bonchev–Trinajstić information content (AvgIpc) is 1.88. The van der Waals surface area contributed by atoms with Crippen molar-refractivity contribution >= 4 is 11.6 Å². The molecule has 0 aliphatic heterocycles. The molecule has 0 aliphatic carbocycles. The number of terminal acetylenes is 1. The predicted octanol–water partition coefficient (Wildman–Crippen LogP) is 1.42. The number of hydrogen-bond acceptors (Lipinski definition) is 2. The first-order valence-corrected chi connectivity index (χ1v) is 2.93. The maximum absolute atomic E-state index is 9.00. The van der Waals surface area contributed by atoms with Gasteiger partial charge in [-0.1, -0.05) is 11.6 Å². The van der Waals surface area contributed by atoms with Gasteiger partial charge in [-0.3, -0.25) is 0 Å². The van der Waals surface area contributed by atoms with E-state index in [9.17, 15) is 0 Å². The summed E-state index contributed by atoms with van der Waals surface area (Å²) in [5.41, 5.74) is 0.212. The van der Waals surface area contributed by atoms with Crippen molar-refractivity contribution in [3.8, 4) is 18.1 Å². The largest absolute Gasteiger partial charge is 0.505 e. The Hall–Kier alpha value is -1.20. The van der Waals surface area contributed by atoms with Crippen molar-refractivity contribution in [2.75, 3.05) is 0 Å². The Morgan fingerprint density at radius 2 is 2.40 bits per heavy atom. The van der Waals surface area contributed by atoms with E-state index >= 15 is 0 Å². The van der Waals surface area contributed by atoms with Gasteiger partial charge in [0, 0.05) is 12.3 Å². The Labute approximate surface area is 63.5 Å². The molecule has 1 aromatic rings. The highest BCUT2D eigenvalue weighted by molar-refractivity contribution is 6.30. The van der Waals surface area contributed by atoms with E-state index in [4.69, 9.17) is 23.1 Å². The number of halogens is 1. The molecule has 0 radical (unpaired) electrons. The van der Waals surface area contributed by atoms with Crippen molar-refractivity contribution in [2.24, 2.45) is 0 Å². The van der Waals surface area contributed by atoms with Crippen molar-refractivity contribution in [2.45, 2.75) is 0 Å². The molecule has 0 spiro atoms. The molecule has 0 bridgehead atoms. The fraction of sp³-hybridized carbons (Fsp3) is 0. The summed E-state index contributed by atoms with van der Waals surface area (Å²) in [5.74, 6) is 2.14. The van der Waals surface area contributed by atoms with Gasteiger partial charge in [0.25, 0.3) is 0 Å². The van der Waals surface area contributed by atoms with Crippen LogP contribution in [0.25, 0.3) is 0 Å². The molecule has 1 heterocycles. The highest BCUT2D eigenvalue weighted by Gasteiger charge is 1.97. The number of hydrogen-bond donors (Lipinski definition) is 1. The van der Waals surface area contributed by atoms with Gasteiger partial charge in [0.05, 0.1) is 5.02 Å². The Bertz CT molecular complexity index is 290. The number of aromatic hydroxyl groups is 1. The number of pyridine rings is 1. The third kappa shape index (κ3) is 1.20. The summed E-state index contributed by atoms with van der Waals surface area (Å²) < 4.78 is 0. The fourth-order valence-electron chi connectivity index (χ4n) is 0.540. The Morgan fingerprint density at radius 1 is 1.70 bits per heavy atom. The smallest absolute Gasteiger partial charge is 0.154 e. The molecule has 10 heavy (non-hydrogen) atoms. The molecule has 1 N–H and O–H groups in total. The minimum Gasteiger partial charge on any atom is -0.505 e. The molecule has 1 rings (SSSR count). The molecule has 0 fully saturated rings. The van der Waals surface area contributed by atoms with Crippen LogP contribution in [-0.4, -0.2) is 10.1 Å². The average molecular weight is 154 g/mol. The first kappa shape index (κ1) is 6.91.